The number of fused-ring (bicyclic) bond motifs is 2. The van der Waals surface area contributed by atoms with Crippen LogP contribution in [0.25, 0.3) is 10.8 Å². The minimum Gasteiger partial charge on any atom is -0.496 e. The summed E-state index contributed by atoms with van der Waals surface area (Å²) in [5.41, 5.74) is 1.96. The van der Waals surface area contributed by atoms with Crippen molar-refractivity contribution in [3.8, 4) is 5.75 Å². The number of hydrogen-bond donors (Lipinski definition) is 1. The van der Waals surface area contributed by atoms with Crippen LogP contribution in [0.3, 0.4) is 0 Å². The van der Waals surface area contributed by atoms with E-state index in [9.17, 15) is 9.59 Å². The second-order valence-electron chi connectivity index (χ2n) is 8.45. The van der Waals surface area contributed by atoms with Gasteiger partial charge in [0.05, 0.1) is 12.7 Å². The molecule has 0 spiro atoms. The monoisotopic (exact) mass is 391 g/mol. The molecule has 2 aromatic carbocycles. The smallest absolute Gasteiger partial charge is 0.287 e. The quantitative estimate of drug-likeness (QED) is 0.691. The number of ether oxygens (including phenoxy) is 1. The van der Waals surface area contributed by atoms with Crippen molar-refractivity contribution in [2.45, 2.75) is 40.2 Å². The van der Waals surface area contributed by atoms with Crippen molar-refractivity contribution in [3.63, 3.8) is 0 Å². The van der Waals surface area contributed by atoms with E-state index in [0.717, 1.165) is 22.1 Å². The van der Waals surface area contributed by atoms with Crippen LogP contribution < -0.4 is 10.1 Å². The van der Waals surface area contributed by atoms with Crippen LogP contribution in [0, 0.1) is 12.3 Å². The van der Waals surface area contributed by atoms with E-state index in [1.165, 1.54) is 0 Å². The van der Waals surface area contributed by atoms with Crippen LogP contribution in [0.2, 0.25) is 0 Å². The highest BCUT2D eigenvalue weighted by Gasteiger charge is 2.37. The van der Waals surface area contributed by atoms with Crippen LogP contribution in [-0.4, -0.2) is 18.8 Å². The van der Waals surface area contributed by atoms with Gasteiger partial charge >= 0.3 is 0 Å². The third-order valence-corrected chi connectivity index (χ3v) is 5.63. The van der Waals surface area contributed by atoms with E-state index in [-0.39, 0.29) is 22.9 Å². The van der Waals surface area contributed by atoms with Gasteiger partial charge in [-0.05, 0) is 29.2 Å². The molecule has 0 aliphatic heterocycles. The Kier molecular flexibility index (Phi) is 4.69. The summed E-state index contributed by atoms with van der Waals surface area (Å²) < 4.78 is 11.4. The third kappa shape index (κ3) is 3.41. The van der Waals surface area contributed by atoms with Crippen molar-refractivity contribution in [2.75, 3.05) is 7.11 Å². The van der Waals surface area contributed by atoms with E-state index in [4.69, 9.17) is 9.15 Å². The van der Waals surface area contributed by atoms with Crippen molar-refractivity contribution < 1.29 is 18.7 Å². The minimum atomic E-state index is -0.322. The predicted octanol–water partition coefficient (Wildman–Crippen LogP) is 4.83. The number of hydrogen-bond acceptors (Lipinski definition) is 4. The van der Waals surface area contributed by atoms with Gasteiger partial charge in [0, 0.05) is 30.5 Å². The lowest BCUT2D eigenvalue weighted by Crippen LogP contribution is -2.26. The van der Waals surface area contributed by atoms with Gasteiger partial charge in [0.25, 0.3) is 5.91 Å². The number of rotatable bonds is 4. The topological polar surface area (TPSA) is 68.5 Å². The first-order valence-corrected chi connectivity index (χ1v) is 9.79. The van der Waals surface area contributed by atoms with Crippen molar-refractivity contribution >= 4 is 22.5 Å². The number of benzene rings is 2. The number of carbonyl (C=O) groups excluding carboxylic acids is 2. The second kappa shape index (κ2) is 7.07. The van der Waals surface area contributed by atoms with Gasteiger partial charge in [-0.3, -0.25) is 9.59 Å². The molecule has 0 atom stereocenters. The molecule has 1 N–H and O–H groups in total. The highest BCUT2D eigenvalue weighted by atomic mass is 16.5. The fourth-order valence-electron chi connectivity index (χ4n) is 4.24. The van der Waals surface area contributed by atoms with Crippen LogP contribution in [0.15, 0.2) is 40.8 Å². The van der Waals surface area contributed by atoms with Crippen molar-refractivity contribution in [1.82, 2.24) is 5.32 Å². The third-order valence-electron chi connectivity index (χ3n) is 5.63. The highest BCUT2D eigenvalue weighted by Crippen LogP contribution is 2.38. The summed E-state index contributed by atoms with van der Waals surface area (Å²) in [6.07, 6.45) is 1.12. The summed E-state index contributed by atoms with van der Waals surface area (Å²) in [6, 6.07) is 11.9. The Morgan fingerprint density at radius 2 is 1.93 bits per heavy atom. The fraction of sp³-hybridized carbons (Fsp3) is 0.333. The average Bonchev–Trinajstić information content (AvgIpc) is 3.00. The molecule has 4 rings (SSSR count). The van der Waals surface area contributed by atoms with Crippen molar-refractivity contribution in [3.05, 3.63) is 64.6 Å². The molecule has 1 aromatic heterocycles. The first kappa shape index (κ1) is 19.2. The zero-order valence-corrected chi connectivity index (χ0v) is 17.2. The van der Waals surface area contributed by atoms with Crippen LogP contribution >= 0.6 is 0 Å². The Balaban J connectivity index is 1.63. The van der Waals surface area contributed by atoms with Gasteiger partial charge in [-0.25, -0.2) is 0 Å². The van der Waals surface area contributed by atoms with Crippen molar-refractivity contribution in [1.29, 1.82) is 0 Å². The van der Waals surface area contributed by atoms with Crippen LogP contribution in [0.4, 0.5) is 0 Å². The maximum absolute atomic E-state index is 12.9. The van der Waals surface area contributed by atoms with Crippen LogP contribution in [0.1, 0.15) is 58.1 Å². The first-order chi connectivity index (χ1) is 13.8. The van der Waals surface area contributed by atoms with E-state index in [0.29, 0.717) is 36.3 Å². The van der Waals surface area contributed by atoms with Gasteiger partial charge in [-0.2, -0.15) is 0 Å². The lowest BCUT2D eigenvalue weighted by Gasteiger charge is -2.27. The summed E-state index contributed by atoms with van der Waals surface area (Å²) in [6.45, 7) is 6.16. The van der Waals surface area contributed by atoms with E-state index in [2.05, 4.69) is 5.32 Å². The molecule has 5 heteroatoms. The Morgan fingerprint density at radius 3 is 2.69 bits per heavy atom. The number of methoxy groups -OCH3 is 1. The maximum Gasteiger partial charge on any atom is 0.287 e. The number of ketones is 1. The largest absolute Gasteiger partial charge is 0.496 e. The van der Waals surface area contributed by atoms with E-state index >= 15 is 0 Å². The molecular weight excluding hydrogens is 366 g/mol. The first-order valence-electron chi connectivity index (χ1n) is 9.79. The molecule has 3 aromatic rings. The summed E-state index contributed by atoms with van der Waals surface area (Å²) in [5.74, 6) is 1.29. The van der Waals surface area contributed by atoms with E-state index in [1.54, 1.807) is 14.0 Å². The predicted molar refractivity (Wildman–Crippen MR) is 112 cm³/mol. The molecule has 1 heterocycles. The number of Topliss-reactive ketones (excluding diaryl/α,β-unsaturated/α-hetero) is 1. The molecule has 1 aliphatic carbocycles. The van der Waals surface area contributed by atoms with E-state index < -0.39 is 0 Å². The summed E-state index contributed by atoms with van der Waals surface area (Å²) in [4.78, 5) is 25.5. The Hall–Kier alpha value is -3.08. The molecule has 150 valence electrons. The average molecular weight is 391 g/mol. The van der Waals surface area contributed by atoms with Crippen LogP contribution in [0.5, 0.6) is 5.75 Å². The molecule has 0 saturated carbocycles. The number of furan rings is 1. The fourth-order valence-corrected chi connectivity index (χ4v) is 4.24. The number of nitrogens with one attached hydrogen (secondary N) is 1. The van der Waals surface area contributed by atoms with Gasteiger partial charge in [0.2, 0.25) is 0 Å². The van der Waals surface area contributed by atoms with Crippen LogP contribution in [-0.2, 0) is 13.0 Å². The lowest BCUT2D eigenvalue weighted by atomic mass is 9.76. The maximum atomic E-state index is 12.9. The zero-order chi connectivity index (χ0) is 20.8. The summed E-state index contributed by atoms with van der Waals surface area (Å²) in [7, 11) is 1.62. The molecule has 5 nitrogen and oxygen atoms in total. The molecule has 0 radical (unpaired) electrons. The summed E-state index contributed by atoms with van der Waals surface area (Å²) >= 11 is 0. The molecular formula is C24H25NO4. The molecule has 0 fully saturated rings. The van der Waals surface area contributed by atoms with Gasteiger partial charge < -0.3 is 14.5 Å². The molecule has 0 bridgehead atoms. The van der Waals surface area contributed by atoms with Gasteiger partial charge in [0.15, 0.2) is 11.5 Å². The van der Waals surface area contributed by atoms with Gasteiger partial charge in [-0.15, -0.1) is 0 Å². The standard InChI is InChI=1S/C24H25NO4/c1-14-21-18(26)11-24(2,3)12-20(21)29-22(14)23(27)25-13-17-16-8-6-5-7-15(16)9-10-19(17)28-4/h5-10H,11-13H2,1-4H3,(H,25,27). The Bertz CT molecular complexity index is 1120. The minimum absolute atomic E-state index is 0.0484. The second-order valence-corrected chi connectivity index (χ2v) is 8.45. The number of carbonyl (C=O) groups is 2. The summed E-state index contributed by atoms with van der Waals surface area (Å²) in [5, 5.41) is 5.05. The van der Waals surface area contributed by atoms with Gasteiger partial charge in [0.1, 0.15) is 11.5 Å². The molecule has 0 unspecified atom stereocenters. The normalized spacial score (nSPS) is 15.2. The number of amides is 1. The highest BCUT2D eigenvalue weighted by molar-refractivity contribution is 6.04. The molecule has 29 heavy (non-hydrogen) atoms. The zero-order valence-electron chi connectivity index (χ0n) is 17.2. The molecule has 1 aliphatic rings. The lowest BCUT2D eigenvalue weighted by molar-refractivity contribution is 0.0888. The molecule has 0 saturated heterocycles. The Labute approximate surface area is 170 Å². The van der Waals surface area contributed by atoms with Crippen molar-refractivity contribution in [2.24, 2.45) is 5.41 Å². The SMILES string of the molecule is COc1ccc2ccccc2c1CNC(=O)c1oc2c(c1C)C(=O)CC(C)(C)C2. The Morgan fingerprint density at radius 1 is 1.17 bits per heavy atom. The van der Waals surface area contributed by atoms with E-state index in [1.807, 2.05) is 50.2 Å². The van der Waals surface area contributed by atoms with Gasteiger partial charge in [-0.1, -0.05) is 44.2 Å². The molecule has 1 amide bonds.